The van der Waals surface area contributed by atoms with E-state index in [1.54, 1.807) is 6.07 Å². The van der Waals surface area contributed by atoms with Crippen molar-refractivity contribution in [3.05, 3.63) is 6.07 Å². The van der Waals surface area contributed by atoms with Crippen LogP contribution >= 0.6 is 0 Å². The molecule has 15 heavy (non-hydrogen) atoms. The minimum Gasteiger partial charge on any atom is -0.383 e. The van der Waals surface area contributed by atoms with E-state index in [4.69, 9.17) is 11.5 Å². The Hall–Kier alpha value is -1.52. The Morgan fingerprint density at radius 2 is 2.00 bits per heavy atom. The number of unbranched alkanes of at least 4 members (excludes halogenated alkanes) is 3. The topological polar surface area (TPSA) is 89.8 Å². The fraction of sp³-hybridized carbons (Fsp3) is 0.600. The molecular formula is C10H19N5. The second-order valence-corrected chi connectivity index (χ2v) is 3.52. The fourth-order valence-electron chi connectivity index (χ4n) is 1.34. The fourth-order valence-corrected chi connectivity index (χ4v) is 1.34. The first-order valence-corrected chi connectivity index (χ1v) is 5.36. The van der Waals surface area contributed by atoms with Crippen LogP contribution < -0.4 is 16.8 Å². The van der Waals surface area contributed by atoms with Crippen LogP contribution in [0.25, 0.3) is 0 Å². The molecule has 5 heteroatoms. The first kappa shape index (κ1) is 11.6. The first-order chi connectivity index (χ1) is 7.22. The Bertz CT molecular complexity index is 280. The average molecular weight is 209 g/mol. The van der Waals surface area contributed by atoms with Gasteiger partial charge in [0.05, 0.1) is 0 Å². The van der Waals surface area contributed by atoms with Crippen LogP contribution in [0.5, 0.6) is 0 Å². The largest absolute Gasteiger partial charge is 0.383 e. The summed E-state index contributed by atoms with van der Waals surface area (Å²) in [6.07, 6.45) is 4.89. The van der Waals surface area contributed by atoms with Crippen LogP contribution in [-0.4, -0.2) is 16.5 Å². The summed E-state index contributed by atoms with van der Waals surface area (Å²) in [5.41, 5.74) is 11.0. The summed E-state index contributed by atoms with van der Waals surface area (Å²) in [4.78, 5) is 7.82. The Labute approximate surface area is 90.3 Å². The van der Waals surface area contributed by atoms with E-state index in [0.717, 1.165) is 13.0 Å². The van der Waals surface area contributed by atoms with E-state index in [-0.39, 0.29) is 5.95 Å². The summed E-state index contributed by atoms with van der Waals surface area (Å²) in [5, 5.41) is 3.17. The van der Waals surface area contributed by atoms with Gasteiger partial charge in [0.25, 0.3) is 0 Å². The predicted molar refractivity (Wildman–Crippen MR) is 63.5 cm³/mol. The van der Waals surface area contributed by atoms with Crippen LogP contribution in [0.2, 0.25) is 0 Å². The van der Waals surface area contributed by atoms with Crippen LogP contribution in [0, 0.1) is 0 Å². The Kier molecular flexibility index (Phi) is 4.66. The lowest BCUT2D eigenvalue weighted by atomic mass is 10.2. The van der Waals surface area contributed by atoms with Gasteiger partial charge in [0.15, 0.2) is 0 Å². The number of hydrogen-bond acceptors (Lipinski definition) is 5. The van der Waals surface area contributed by atoms with Gasteiger partial charge >= 0.3 is 0 Å². The van der Waals surface area contributed by atoms with Crippen LogP contribution in [0.3, 0.4) is 0 Å². The lowest BCUT2D eigenvalue weighted by Gasteiger charge is -2.06. The van der Waals surface area contributed by atoms with E-state index in [1.807, 2.05) is 0 Å². The van der Waals surface area contributed by atoms with Crippen LogP contribution in [0.4, 0.5) is 17.6 Å². The number of nitrogens with one attached hydrogen (secondary N) is 1. The highest BCUT2D eigenvalue weighted by molar-refractivity contribution is 5.48. The molecule has 0 amide bonds. The lowest BCUT2D eigenvalue weighted by molar-refractivity contribution is 0.684. The van der Waals surface area contributed by atoms with Crippen molar-refractivity contribution in [3.63, 3.8) is 0 Å². The molecule has 0 saturated heterocycles. The zero-order valence-corrected chi connectivity index (χ0v) is 9.16. The van der Waals surface area contributed by atoms with Crippen molar-refractivity contribution < 1.29 is 0 Å². The summed E-state index contributed by atoms with van der Waals surface area (Å²) in [5.74, 6) is 1.32. The molecule has 0 bridgehead atoms. The third kappa shape index (κ3) is 4.49. The maximum atomic E-state index is 5.54. The van der Waals surface area contributed by atoms with Gasteiger partial charge in [0.1, 0.15) is 11.6 Å². The smallest absolute Gasteiger partial charge is 0.223 e. The highest BCUT2D eigenvalue weighted by atomic mass is 15.1. The SMILES string of the molecule is CCCCCCNc1cc(N)nc(N)n1. The summed E-state index contributed by atoms with van der Waals surface area (Å²) < 4.78 is 0. The monoisotopic (exact) mass is 209 g/mol. The predicted octanol–water partition coefficient (Wildman–Crippen LogP) is 1.63. The summed E-state index contributed by atoms with van der Waals surface area (Å²) in [6.45, 7) is 3.09. The van der Waals surface area contributed by atoms with Gasteiger partial charge in [-0.1, -0.05) is 26.2 Å². The van der Waals surface area contributed by atoms with Crippen molar-refractivity contribution in [1.82, 2.24) is 9.97 Å². The summed E-state index contributed by atoms with van der Waals surface area (Å²) in [6, 6.07) is 1.69. The normalized spacial score (nSPS) is 10.2. The van der Waals surface area contributed by atoms with E-state index in [0.29, 0.717) is 11.6 Å². The quantitative estimate of drug-likeness (QED) is 0.619. The second kappa shape index (κ2) is 6.06. The van der Waals surface area contributed by atoms with Gasteiger partial charge in [-0.25, -0.2) is 0 Å². The minimum absolute atomic E-state index is 0.214. The van der Waals surface area contributed by atoms with Crippen molar-refractivity contribution in [1.29, 1.82) is 0 Å². The average Bonchev–Trinajstić information content (AvgIpc) is 2.16. The van der Waals surface area contributed by atoms with Crippen LogP contribution in [0.15, 0.2) is 6.07 Å². The maximum Gasteiger partial charge on any atom is 0.223 e. The lowest BCUT2D eigenvalue weighted by Crippen LogP contribution is -2.07. The van der Waals surface area contributed by atoms with Crippen molar-refractivity contribution in [2.75, 3.05) is 23.3 Å². The molecule has 84 valence electrons. The Morgan fingerprint density at radius 1 is 1.20 bits per heavy atom. The van der Waals surface area contributed by atoms with Gasteiger partial charge in [-0.3, -0.25) is 0 Å². The molecule has 0 spiro atoms. The van der Waals surface area contributed by atoms with Crippen molar-refractivity contribution >= 4 is 17.6 Å². The van der Waals surface area contributed by atoms with Gasteiger partial charge in [0.2, 0.25) is 5.95 Å². The number of rotatable bonds is 6. The van der Waals surface area contributed by atoms with Gasteiger partial charge in [-0.2, -0.15) is 9.97 Å². The van der Waals surface area contributed by atoms with E-state index >= 15 is 0 Å². The molecule has 0 saturated carbocycles. The highest BCUT2D eigenvalue weighted by Gasteiger charge is 1.98. The molecule has 0 aliphatic carbocycles. The van der Waals surface area contributed by atoms with Gasteiger partial charge < -0.3 is 16.8 Å². The molecule has 1 aromatic rings. The summed E-state index contributed by atoms with van der Waals surface area (Å²) >= 11 is 0. The van der Waals surface area contributed by atoms with Gasteiger partial charge in [0, 0.05) is 12.6 Å². The van der Waals surface area contributed by atoms with Gasteiger partial charge in [-0.15, -0.1) is 0 Å². The zero-order valence-electron chi connectivity index (χ0n) is 9.16. The maximum absolute atomic E-state index is 5.54. The zero-order chi connectivity index (χ0) is 11.1. The Morgan fingerprint density at radius 3 is 2.67 bits per heavy atom. The second-order valence-electron chi connectivity index (χ2n) is 3.52. The van der Waals surface area contributed by atoms with Crippen LogP contribution in [0.1, 0.15) is 32.6 Å². The molecule has 1 rings (SSSR count). The van der Waals surface area contributed by atoms with Crippen molar-refractivity contribution in [2.45, 2.75) is 32.6 Å². The number of nitrogens with zero attached hydrogens (tertiary/aromatic N) is 2. The molecular weight excluding hydrogens is 190 g/mol. The van der Waals surface area contributed by atoms with Crippen LogP contribution in [-0.2, 0) is 0 Å². The number of nitrogens with two attached hydrogens (primary N) is 2. The molecule has 0 aliphatic heterocycles. The molecule has 0 atom stereocenters. The molecule has 0 aromatic carbocycles. The van der Waals surface area contributed by atoms with Crippen molar-refractivity contribution in [2.24, 2.45) is 0 Å². The van der Waals surface area contributed by atoms with Gasteiger partial charge in [-0.05, 0) is 6.42 Å². The van der Waals surface area contributed by atoms with E-state index in [9.17, 15) is 0 Å². The number of aromatic nitrogens is 2. The van der Waals surface area contributed by atoms with E-state index < -0.39 is 0 Å². The standard InChI is InChI=1S/C10H19N5/c1-2-3-4-5-6-13-9-7-8(11)14-10(12)15-9/h7H,2-6H2,1H3,(H5,11,12,13,14,15). The molecule has 0 aliphatic rings. The first-order valence-electron chi connectivity index (χ1n) is 5.36. The molecule has 1 aromatic heterocycles. The molecule has 0 fully saturated rings. The number of hydrogen-bond donors (Lipinski definition) is 3. The van der Waals surface area contributed by atoms with Crippen molar-refractivity contribution in [3.8, 4) is 0 Å². The number of anilines is 3. The van der Waals surface area contributed by atoms with E-state index in [2.05, 4.69) is 22.2 Å². The molecule has 1 heterocycles. The minimum atomic E-state index is 0.214. The summed E-state index contributed by atoms with van der Waals surface area (Å²) in [7, 11) is 0. The van der Waals surface area contributed by atoms with E-state index in [1.165, 1.54) is 19.3 Å². The number of nitrogen functional groups attached to an aromatic ring is 2. The third-order valence-corrected chi connectivity index (χ3v) is 2.10. The highest BCUT2D eigenvalue weighted by Crippen LogP contribution is 2.09. The molecule has 5 N–H and O–H groups in total. The Balaban J connectivity index is 2.31. The third-order valence-electron chi connectivity index (χ3n) is 2.10. The molecule has 5 nitrogen and oxygen atoms in total. The molecule has 0 radical (unpaired) electrons. The molecule has 0 unspecified atom stereocenters.